The van der Waals surface area contributed by atoms with Crippen molar-refractivity contribution < 1.29 is 14.3 Å². The molecule has 1 N–H and O–H groups in total. The molecule has 0 bridgehead atoms. The van der Waals surface area contributed by atoms with Crippen LogP contribution in [0.2, 0.25) is 5.02 Å². The lowest BCUT2D eigenvalue weighted by Crippen LogP contribution is -2.50. The first-order valence-corrected chi connectivity index (χ1v) is 10.6. The fourth-order valence-corrected chi connectivity index (χ4v) is 3.14. The highest BCUT2D eigenvalue weighted by Crippen LogP contribution is 2.21. The number of benzene rings is 2. The Bertz CT molecular complexity index is 885. The molecule has 2 aromatic carbocycles. The Balaban J connectivity index is 2.20. The van der Waals surface area contributed by atoms with Gasteiger partial charge in [-0.2, -0.15) is 0 Å². The second-order valence-electron chi connectivity index (χ2n) is 7.66. The molecule has 2 amide bonds. The SMILES string of the molecule is CC[C@@H](C)NC(=O)[C@H](C)N(Cc1ccccc1Cl)C(=O)COc1cc(C)ccc1C. The monoisotopic (exact) mass is 430 g/mol. The zero-order valence-electron chi connectivity index (χ0n) is 18.4. The van der Waals surface area contributed by atoms with E-state index in [1.165, 1.54) is 4.90 Å². The zero-order valence-corrected chi connectivity index (χ0v) is 19.1. The van der Waals surface area contributed by atoms with E-state index >= 15 is 0 Å². The van der Waals surface area contributed by atoms with Gasteiger partial charge < -0.3 is 15.0 Å². The predicted molar refractivity (Wildman–Crippen MR) is 121 cm³/mol. The molecule has 0 aliphatic heterocycles. The Morgan fingerprint density at radius 1 is 1.13 bits per heavy atom. The molecule has 30 heavy (non-hydrogen) atoms. The van der Waals surface area contributed by atoms with Crippen LogP contribution in [0.5, 0.6) is 5.75 Å². The van der Waals surface area contributed by atoms with Crippen molar-refractivity contribution in [1.29, 1.82) is 0 Å². The molecule has 0 heterocycles. The highest BCUT2D eigenvalue weighted by Gasteiger charge is 2.27. The molecule has 0 spiro atoms. The average molecular weight is 431 g/mol. The van der Waals surface area contributed by atoms with Crippen LogP contribution < -0.4 is 10.1 Å². The molecule has 0 aromatic heterocycles. The summed E-state index contributed by atoms with van der Waals surface area (Å²) in [5.41, 5.74) is 2.79. The molecular weight excluding hydrogens is 400 g/mol. The van der Waals surface area contributed by atoms with Crippen molar-refractivity contribution in [2.75, 3.05) is 6.61 Å². The largest absolute Gasteiger partial charge is 0.483 e. The summed E-state index contributed by atoms with van der Waals surface area (Å²) in [4.78, 5) is 27.4. The molecule has 2 atom stereocenters. The van der Waals surface area contributed by atoms with Crippen LogP contribution in [-0.4, -0.2) is 35.4 Å². The highest BCUT2D eigenvalue weighted by atomic mass is 35.5. The quantitative estimate of drug-likeness (QED) is 0.629. The summed E-state index contributed by atoms with van der Waals surface area (Å²) in [7, 11) is 0. The van der Waals surface area contributed by atoms with Gasteiger partial charge in [-0.05, 0) is 62.9 Å². The molecule has 162 valence electrons. The van der Waals surface area contributed by atoms with Crippen molar-refractivity contribution in [2.24, 2.45) is 0 Å². The van der Waals surface area contributed by atoms with Gasteiger partial charge in [-0.1, -0.05) is 48.9 Å². The summed E-state index contributed by atoms with van der Waals surface area (Å²) in [6.07, 6.45) is 0.812. The maximum absolute atomic E-state index is 13.1. The van der Waals surface area contributed by atoms with E-state index in [0.29, 0.717) is 10.8 Å². The number of hydrogen-bond donors (Lipinski definition) is 1. The maximum atomic E-state index is 13.1. The third-order valence-corrected chi connectivity index (χ3v) is 5.53. The number of ether oxygens (including phenoxy) is 1. The number of amides is 2. The van der Waals surface area contributed by atoms with Crippen LogP contribution >= 0.6 is 11.6 Å². The van der Waals surface area contributed by atoms with Crippen molar-refractivity contribution in [3.05, 3.63) is 64.2 Å². The number of carbonyl (C=O) groups excluding carboxylic acids is 2. The van der Waals surface area contributed by atoms with Crippen molar-refractivity contribution in [1.82, 2.24) is 10.2 Å². The number of aryl methyl sites for hydroxylation is 2. The molecule has 2 aromatic rings. The standard InChI is InChI=1S/C24H31ClN2O3/c1-6-18(4)26-24(29)19(5)27(14-20-9-7-8-10-21(20)25)23(28)15-30-22-13-16(2)11-12-17(22)3/h7-13,18-19H,6,14-15H2,1-5H3,(H,26,29)/t18-,19+/m1/s1. The van der Waals surface area contributed by atoms with Gasteiger partial charge in [0.1, 0.15) is 11.8 Å². The molecule has 0 unspecified atom stereocenters. The number of nitrogens with one attached hydrogen (secondary N) is 1. The van der Waals surface area contributed by atoms with Crippen molar-refractivity contribution in [3.8, 4) is 5.75 Å². The molecule has 2 rings (SSSR count). The minimum atomic E-state index is -0.662. The molecule has 6 heteroatoms. The van der Waals surface area contributed by atoms with E-state index in [1.54, 1.807) is 13.0 Å². The molecule has 5 nitrogen and oxygen atoms in total. The lowest BCUT2D eigenvalue weighted by atomic mass is 10.1. The van der Waals surface area contributed by atoms with Gasteiger partial charge in [0, 0.05) is 17.6 Å². The lowest BCUT2D eigenvalue weighted by molar-refractivity contribution is -0.142. The molecule has 0 saturated heterocycles. The number of halogens is 1. The maximum Gasteiger partial charge on any atom is 0.261 e. The summed E-state index contributed by atoms with van der Waals surface area (Å²) in [5.74, 6) is 0.192. The molecule has 0 fully saturated rings. The van der Waals surface area contributed by atoms with Crippen LogP contribution in [0, 0.1) is 13.8 Å². The van der Waals surface area contributed by atoms with Gasteiger partial charge in [0.15, 0.2) is 6.61 Å². The second kappa shape index (κ2) is 11.0. The topological polar surface area (TPSA) is 58.6 Å². The van der Waals surface area contributed by atoms with Crippen LogP contribution in [-0.2, 0) is 16.1 Å². The van der Waals surface area contributed by atoms with Gasteiger partial charge in [-0.15, -0.1) is 0 Å². The van der Waals surface area contributed by atoms with Crippen LogP contribution in [0.25, 0.3) is 0 Å². The predicted octanol–water partition coefficient (Wildman–Crippen LogP) is 4.67. The van der Waals surface area contributed by atoms with E-state index in [2.05, 4.69) is 5.32 Å². The molecule has 0 aliphatic carbocycles. The molecule has 0 saturated carbocycles. The first kappa shape index (κ1) is 23.7. The van der Waals surface area contributed by atoms with E-state index < -0.39 is 6.04 Å². The summed E-state index contributed by atoms with van der Waals surface area (Å²) in [5, 5.41) is 3.50. The van der Waals surface area contributed by atoms with E-state index in [9.17, 15) is 9.59 Å². The minimum absolute atomic E-state index is 0.0309. The van der Waals surface area contributed by atoms with Crippen molar-refractivity contribution in [2.45, 2.75) is 59.7 Å². The van der Waals surface area contributed by atoms with E-state index in [0.717, 1.165) is 23.1 Å². The third-order valence-electron chi connectivity index (χ3n) is 5.16. The number of nitrogens with zero attached hydrogens (tertiary/aromatic N) is 1. The summed E-state index contributed by atoms with van der Waals surface area (Å²) in [6, 6.07) is 12.5. The van der Waals surface area contributed by atoms with Crippen LogP contribution in [0.3, 0.4) is 0 Å². The van der Waals surface area contributed by atoms with Crippen molar-refractivity contribution in [3.63, 3.8) is 0 Å². The smallest absolute Gasteiger partial charge is 0.261 e. The fraction of sp³-hybridized carbons (Fsp3) is 0.417. The molecule has 0 aliphatic rings. The van der Waals surface area contributed by atoms with Gasteiger partial charge in [-0.25, -0.2) is 0 Å². The van der Waals surface area contributed by atoms with Crippen molar-refractivity contribution >= 4 is 23.4 Å². The average Bonchev–Trinajstić information content (AvgIpc) is 2.72. The first-order valence-electron chi connectivity index (χ1n) is 10.3. The van der Waals surface area contributed by atoms with Gasteiger partial charge in [-0.3, -0.25) is 9.59 Å². The lowest BCUT2D eigenvalue weighted by Gasteiger charge is -2.30. The Morgan fingerprint density at radius 3 is 2.50 bits per heavy atom. The molecule has 0 radical (unpaired) electrons. The number of hydrogen-bond acceptors (Lipinski definition) is 3. The van der Waals surface area contributed by atoms with Gasteiger partial charge >= 0.3 is 0 Å². The summed E-state index contributed by atoms with van der Waals surface area (Å²) in [6.45, 7) is 9.64. The summed E-state index contributed by atoms with van der Waals surface area (Å²) < 4.78 is 5.80. The Morgan fingerprint density at radius 2 is 1.83 bits per heavy atom. The van der Waals surface area contributed by atoms with Crippen LogP contribution in [0.4, 0.5) is 0 Å². The second-order valence-corrected chi connectivity index (χ2v) is 8.07. The number of rotatable bonds is 9. The van der Waals surface area contributed by atoms with E-state index in [4.69, 9.17) is 16.3 Å². The Labute approximate surface area is 184 Å². The van der Waals surface area contributed by atoms with Gasteiger partial charge in [0.2, 0.25) is 5.91 Å². The Kier molecular flexibility index (Phi) is 8.72. The summed E-state index contributed by atoms with van der Waals surface area (Å²) >= 11 is 6.31. The molecular formula is C24H31ClN2O3. The Hall–Kier alpha value is -2.53. The zero-order chi connectivity index (χ0) is 22.3. The first-order chi connectivity index (χ1) is 14.2. The van der Waals surface area contributed by atoms with E-state index in [-0.39, 0.29) is 31.0 Å². The van der Waals surface area contributed by atoms with Gasteiger partial charge in [0.25, 0.3) is 5.91 Å². The normalized spacial score (nSPS) is 12.7. The van der Waals surface area contributed by atoms with Gasteiger partial charge in [0.05, 0.1) is 0 Å². The van der Waals surface area contributed by atoms with Crippen LogP contribution in [0.1, 0.15) is 43.9 Å². The fourth-order valence-electron chi connectivity index (χ4n) is 2.94. The third kappa shape index (κ3) is 6.49. The number of carbonyl (C=O) groups is 2. The van der Waals surface area contributed by atoms with Crippen LogP contribution in [0.15, 0.2) is 42.5 Å². The van der Waals surface area contributed by atoms with E-state index in [1.807, 2.05) is 64.1 Å². The highest BCUT2D eigenvalue weighted by molar-refractivity contribution is 6.31. The minimum Gasteiger partial charge on any atom is -0.483 e.